The fourth-order valence-electron chi connectivity index (χ4n) is 3.79. The van der Waals surface area contributed by atoms with Crippen molar-refractivity contribution in [3.63, 3.8) is 0 Å². The molecule has 2 aromatic heterocycles. The van der Waals surface area contributed by atoms with Gasteiger partial charge in [0.15, 0.2) is 17.1 Å². The number of nitrogens with zero attached hydrogens (tertiary/aromatic N) is 4. The van der Waals surface area contributed by atoms with E-state index in [1.165, 1.54) is 54.2 Å². The van der Waals surface area contributed by atoms with Crippen LogP contribution in [-0.4, -0.2) is 46.0 Å². The maximum absolute atomic E-state index is 13.0. The molecule has 4 aromatic rings. The summed E-state index contributed by atoms with van der Waals surface area (Å²) in [7, 11) is 3.06. The van der Waals surface area contributed by atoms with E-state index in [0.717, 1.165) is 17.7 Å². The Hall–Kier alpha value is -4.61. The molecular weight excluding hydrogens is 503 g/mol. The highest BCUT2D eigenvalue weighted by Gasteiger charge is 2.30. The summed E-state index contributed by atoms with van der Waals surface area (Å²) in [6, 6.07) is 10.0. The number of ether oxygens (including phenoxy) is 2. The highest BCUT2D eigenvalue weighted by molar-refractivity contribution is 5.91. The number of fused-ring (bicyclic) bond motifs is 1. The van der Waals surface area contributed by atoms with Crippen molar-refractivity contribution in [2.24, 2.45) is 0 Å². The molecule has 198 valence electrons. The number of hydrogen-bond acceptors (Lipinski definition) is 6. The molecule has 9 nitrogen and oxygen atoms in total. The summed E-state index contributed by atoms with van der Waals surface area (Å²) in [6.07, 6.45) is 1.17. The van der Waals surface area contributed by atoms with Crippen LogP contribution in [0.1, 0.15) is 16.7 Å². The molecule has 2 heterocycles. The number of halogens is 3. The van der Waals surface area contributed by atoms with Gasteiger partial charge in [-0.2, -0.15) is 18.3 Å². The molecule has 38 heavy (non-hydrogen) atoms. The zero-order chi connectivity index (χ0) is 27.3. The van der Waals surface area contributed by atoms with E-state index >= 15 is 0 Å². The predicted octanol–water partition coefficient (Wildman–Crippen LogP) is 3.51. The minimum absolute atomic E-state index is 0.0701. The average Bonchev–Trinajstić information content (AvgIpc) is 3.32. The quantitative estimate of drug-likeness (QED) is 0.335. The van der Waals surface area contributed by atoms with E-state index < -0.39 is 17.3 Å². The number of benzene rings is 2. The van der Waals surface area contributed by atoms with E-state index in [1.54, 1.807) is 24.3 Å². The van der Waals surface area contributed by atoms with Crippen molar-refractivity contribution in [3.8, 4) is 11.5 Å². The van der Waals surface area contributed by atoms with Crippen molar-refractivity contribution in [3.05, 3.63) is 88.1 Å². The van der Waals surface area contributed by atoms with Gasteiger partial charge in [-0.15, -0.1) is 0 Å². The standard InChI is InChI=1S/C26H24F3N5O4/c1-37-21-8-6-17(13-22(21)38-2)7-9-23(35)30-10-11-34-24-20(14-32-34)25(36)33(16-31-24)15-18-4-3-5-19(12-18)26(27,28)29/h3-9,12-14,16H,10-11,15H2,1-2H3,(H,30,35)/b9-7-. The number of rotatable bonds is 9. The normalized spacial score (nSPS) is 11.7. The lowest BCUT2D eigenvalue weighted by Gasteiger charge is -2.10. The molecule has 0 radical (unpaired) electrons. The number of alkyl halides is 3. The van der Waals surface area contributed by atoms with E-state index in [9.17, 15) is 22.8 Å². The predicted molar refractivity (Wildman–Crippen MR) is 134 cm³/mol. The Balaban J connectivity index is 1.38. The molecule has 0 saturated carbocycles. The maximum Gasteiger partial charge on any atom is 0.416 e. The molecule has 2 aromatic carbocycles. The molecule has 0 aliphatic heterocycles. The number of hydrogen-bond donors (Lipinski definition) is 1. The summed E-state index contributed by atoms with van der Waals surface area (Å²) >= 11 is 0. The monoisotopic (exact) mass is 527 g/mol. The van der Waals surface area contributed by atoms with Crippen LogP contribution in [0.25, 0.3) is 17.1 Å². The Morgan fingerprint density at radius 3 is 2.63 bits per heavy atom. The van der Waals surface area contributed by atoms with Crippen LogP contribution in [0.5, 0.6) is 11.5 Å². The Kier molecular flexibility index (Phi) is 7.79. The van der Waals surface area contributed by atoms with Crippen molar-refractivity contribution < 1.29 is 27.4 Å². The second kappa shape index (κ2) is 11.2. The molecule has 0 spiro atoms. The number of carbonyl (C=O) groups is 1. The Bertz CT molecular complexity index is 1540. The first-order valence-electron chi connectivity index (χ1n) is 11.4. The van der Waals surface area contributed by atoms with Crippen molar-refractivity contribution in [2.75, 3.05) is 20.8 Å². The maximum atomic E-state index is 13.0. The number of carbonyl (C=O) groups excluding carboxylic acids is 1. The van der Waals surface area contributed by atoms with Crippen LogP contribution in [0.4, 0.5) is 13.2 Å². The number of amides is 1. The van der Waals surface area contributed by atoms with Crippen LogP contribution < -0.4 is 20.3 Å². The number of methoxy groups -OCH3 is 2. The Morgan fingerprint density at radius 2 is 1.89 bits per heavy atom. The molecule has 1 N–H and O–H groups in total. The Morgan fingerprint density at radius 1 is 1.11 bits per heavy atom. The third-order valence-corrected chi connectivity index (χ3v) is 5.69. The van der Waals surface area contributed by atoms with E-state index in [4.69, 9.17) is 9.47 Å². The third-order valence-electron chi connectivity index (χ3n) is 5.69. The summed E-state index contributed by atoms with van der Waals surface area (Å²) in [5.74, 6) is 0.797. The van der Waals surface area contributed by atoms with Crippen LogP contribution in [0.2, 0.25) is 0 Å². The van der Waals surface area contributed by atoms with Gasteiger partial charge in [-0.3, -0.25) is 14.2 Å². The topological polar surface area (TPSA) is 100 Å². The first kappa shape index (κ1) is 26.5. The van der Waals surface area contributed by atoms with Crippen LogP contribution in [0.3, 0.4) is 0 Å². The van der Waals surface area contributed by atoms with E-state index in [0.29, 0.717) is 22.7 Å². The van der Waals surface area contributed by atoms with Gasteiger partial charge in [0.05, 0.1) is 39.1 Å². The van der Waals surface area contributed by atoms with Crippen molar-refractivity contribution in [1.82, 2.24) is 24.6 Å². The van der Waals surface area contributed by atoms with Gasteiger partial charge < -0.3 is 14.8 Å². The minimum atomic E-state index is -4.47. The molecular formula is C26H24F3N5O4. The van der Waals surface area contributed by atoms with Gasteiger partial charge in [-0.1, -0.05) is 18.2 Å². The molecule has 0 bridgehead atoms. The second-order valence-corrected chi connectivity index (χ2v) is 8.22. The van der Waals surface area contributed by atoms with Gasteiger partial charge in [0.25, 0.3) is 5.56 Å². The van der Waals surface area contributed by atoms with Crippen LogP contribution in [0.15, 0.2) is 65.9 Å². The van der Waals surface area contributed by atoms with Crippen molar-refractivity contribution in [2.45, 2.75) is 19.3 Å². The van der Waals surface area contributed by atoms with Gasteiger partial charge in [-0.05, 0) is 41.5 Å². The van der Waals surface area contributed by atoms with Gasteiger partial charge >= 0.3 is 6.18 Å². The van der Waals surface area contributed by atoms with E-state index in [-0.39, 0.29) is 30.9 Å². The first-order valence-corrected chi connectivity index (χ1v) is 11.4. The fraction of sp³-hybridized carbons (Fsp3) is 0.231. The summed E-state index contributed by atoms with van der Waals surface area (Å²) in [5.41, 5.74) is 0.164. The molecule has 0 aliphatic rings. The molecule has 0 saturated heterocycles. The lowest BCUT2D eigenvalue weighted by Crippen LogP contribution is -2.26. The number of aromatic nitrogens is 4. The highest BCUT2D eigenvalue weighted by Crippen LogP contribution is 2.30. The number of nitrogens with one attached hydrogen (secondary N) is 1. The fourth-order valence-corrected chi connectivity index (χ4v) is 3.79. The lowest BCUT2D eigenvalue weighted by molar-refractivity contribution is -0.137. The van der Waals surface area contributed by atoms with Crippen LogP contribution in [0, 0.1) is 0 Å². The summed E-state index contributed by atoms with van der Waals surface area (Å²) in [4.78, 5) is 29.4. The van der Waals surface area contributed by atoms with Crippen molar-refractivity contribution in [1.29, 1.82) is 0 Å². The minimum Gasteiger partial charge on any atom is -0.493 e. The van der Waals surface area contributed by atoms with Crippen LogP contribution in [-0.2, 0) is 24.1 Å². The molecule has 12 heteroatoms. The molecule has 0 aliphatic carbocycles. The largest absolute Gasteiger partial charge is 0.493 e. The zero-order valence-corrected chi connectivity index (χ0v) is 20.5. The third kappa shape index (κ3) is 6.02. The average molecular weight is 528 g/mol. The summed E-state index contributed by atoms with van der Waals surface area (Å²) < 4.78 is 52.1. The van der Waals surface area contributed by atoms with Gasteiger partial charge in [-0.25, -0.2) is 9.67 Å². The molecule has 0 atom stereocenters. The SMILES string of the molecule is COc1ccc(/C=C\C(=O)NCCn2ncc3c(=O)n(Cc4cccc(C(F)(F)F)c4)cnc32)cc1OC. The molecule has 1 amide bonds. The first-order chi connectivity index (χ1) is 18.2. The molecule has 4 rings (SSSR count). The Labute approximate surface area is 215 Å². The highest BCUT2D eigenvalue weighted by atomic mass is 19.4. The molecule has 0 unspecified atom stereocenters. The zero-order valence-electron chi connectivity index (χ0n) is 20.5. The summed E-state index contributed by atoms with van der Waals surface area (Å²) in [5, 5.41) is 7.13. The van der Waals surface area contributed by atoms with Crippen molar-refractivity contribution >= 4 is 23.0 Å². The van der Waals surface area contributed by atoms with Gasteiger partial charge in [0, 0.05) is 12.6 Å². The molecule has 0 fully saturated rings. The summed E-state index contributed by atoms with van der Waals surface area (Å²) in [6.45, 7) is 0.406. The smallest absolute Gasteiger partial charge is 0.416 e. The second-order valence-electron chi connectivity index (χ2n) is 8.22. The lowest BCUT2D eigenvalue weighted by atomic mass is 10.1. The van der Waals surface area contributed by atoms with E-state index in [2.05, 4.69) is 15.4 Å². The van der Waals surface area contributed by atoms with Gasteiger partial charge in [0.1, 0.15) is 11.7 Å². The van der Waals surface area contributed by atoms with Crippen LogP contribution >= 0.6 is 0 Å². The van der Waals surface area contributed by atoms with Gasteiger partial charge in [0.2, 0.25) is 5.91 Å². The van der Waals surface area contributed by atoms with E-state index in [1.807, 2.05) is 0 Å².